The van der Waals surface area contributed by atoms with Gasteiger partial charge in [0, 0.05) is 11.1 Å². The van der Waals surface area contributed by atoms with E-state index < -0.39 is 6.17 Å². The first-order valence-corrected chi connectivity index (χ1v) is 12.3. The van der Waals surface area contributed by atoms with Crippen molar-refractivity contribution in [2.24, 2.45) is 0 Å². The van der Waals surface area contributed by atoms with Gasteiger partial charge in [-0.15, -0.1) is 0 Å². The lowest BCUT2D eigenvalue weighted by Crippen LogP contribution is -2.46. The van der Waals surface area contributed by atoms with Crippen molar-refractivity contribution in [1.82, 2.24) is 10.6 Å². The van der Waals surface area contributed by atoms with E-state index >= 15 is 0 Å². The van der Waals surface area contributed by atoms with Crippen LogP contribution in [0.15, 0.2) is 41.1 Å². The number of rotatable bonds is 12. The zero-order chi connectivity index (χ0) is 23.1. The Morgan fingerprint density at radius 2 is 2.03 bits per heavy atom. The maximum atomic E-state index is 12.7. The van der Waals surface area contributed by atoms with Gasteiger partial charge in [-0.2, -0.15) is 0 Å². The third-order valence-electron chi connectivity index (χ3n) is 6.27. The van der Waals surface area contributed by atoms with Crippen LogP contribution in [0.25, 0.3) is 0 Å². The molecule has 5 nitrogen and oxygen atoms in total. The molecule has 1 saturated carbocycles. The summed E-state index contributed by atoms with van der Waals surface area (Å²) in [5.41, 5.74) is 5.51. The zero-order valence-corrected chi connectivity index (χ0v) is 20.1. The molecule has 1 amide bonds. The van der Waals surface area contributed by atoms with Crippen LogP contribution >= 0.6 is 0 Å². The Morgan fingerprint density at radius 1 is 1.25 bits per heavy atom. The number of nitrogens with one attached hydrogen (secondary N) is 3. The van der Waals surface area contributed by atoms with Gasteiger partial charge in [-0.05, 0) is 45.6 Å². The van der Waals surface area contributed by atoms with Crippen molar-refractivity contribution in [2.75, 3.05) is 6.61 Å². The molecule has 3 N–H and O–H groups in total. The SMILES string of the molecule is CCCC(=N)C1=C(C)C(=O)NC(c2cc(BC(CC=C3CC3)CCC)ccc2OCC)N1. The fraction of sp³-hybridized carbons (Fsp3) is 0.538. The number of benzene rings is 1. The molecular formula is C26H38BN3O2. The van der Waals surface area contributed by atoms with Crippen molar-refractivity contribution in [3.63, 3.8) is 0 Å². The molecule has 1 heterocycles. The molecular weight excluding hydrogens is 397 g/mol. The Kier molecular flexibility index (Phi) is 8.60. The highest BCUT2D eigenvalue weighted by Crippen LogP contribution is 2.31. The number of carbonyl (C=O) groups excluding carboxylic acids is 1. The molecule has 3 rings (SSSR count). The average Bonchev–Trinajstić information content (AvgIpc) is 3.60. The van der Waals surface area contributed by atoms with Gasteiger partial charge in [0.05, 0.1) is 18.0 Å². The molecule has 0 spiro atoms. The largest absolute Gasteiger partial charge is 0.493 e. The maximum absolute atomic E-state index is 12.7. The maximum Gasteiger partial charge on any atom is 0.250 e. The third kappa shape index (κ3) is 6.27. The van der Waals surface area contributed by atoms with E-state index in [0.717, 1.165) is 31.4 Å². The Morgan fingerprint density at radius 3 is 2.69 bits per heavy atom. The van der Waals surface area contributed by atoms with E-state index in [1.54, 1.807) is 12.5 Å². The van der Waals surface area contributed by atoms with Crippen LogP contribution < -0.4 is 20.8 Å². The smallest absolute Gasteiger partial charge is 0.250 e. The summed E-state index contributed by atoms with van der Waals surface area (Å²) in [7, 11) is 1.02. The molecule has 32 heavy (non-hydrogen) atoms. The van der Waals surface area contributed by atoms with Crippen molar-refractivity contribution in [3.8, 4) is 5.75 Å². The molecule has 2 unspecified atom stereocenters. The number of ether oxygens (including phenoxy) is 1. The molecule has 0 aromatic heterocycles. The van der Waals surface area contributed by atoms with Crippen molar-refractivity contribution in [2.45, 2.75) is 84.6 Å². The normalized spacial score (nSPS) is 18.6. The summed E-state index contributed by atoms with van der Waals surface area (Å²) in [4.78, 5) is 12.7. The minimum atomic E-state index is -0.405. The van der Waals surface area contributed by atoms with E-state index in [1.807, 2.05) is 19.9 Å². The van der Waals surface area contributed by atoms with Crippen LogP contribution in [-0.2, 0) is 4.79 Å². The first-order chi connectivity index (χ1) is 15.5. The van der Waals surface area contributed by atoms with Gasteiger partial charge in [0.25, 0.3) is 5.91 Å². The highest BCUT2D eigenvalue weighted by atomic mass is 16.5. The lowest BCUT2D eigenvalue weighted by molar-refractivity contribution is -0.118. The van der Waals surface area contributed by atoms with E-state index in [9.17, 15) is 4.79 Å². The van der Waals surface area contributed by atoms with Crippen LogP contribution in [0, 0.1) is 5.41 Å². The van der Waals surface area contributed by atoms with Gasteiger partial charge >= 0.3 is 0 Å². The second kappa shape index (κ2) is 11.4. The minimum absolute atomic E-state index is 0.127. The van der Waals surface area contributed by atoms with E-state index in [-0.39, 0.29) is 5.91 Å². The predicted octanol–water partition coefficient (Wildman–Crippen LogP) is 4.66. The Labute approximate surface area is 193 Å². The molecule has 0 bridgehead atoms. The second-order valence-corrected chi connectivity index (χ2v) is 9.04. The first kappa shape index (κ1) is 24.2. The first-order valence-electron chi connectivity index (χ1n) is 12.3. The number of hydrogen-bond donors (Lipinski definition) is 3. The van der Waals surface area contributed by atoms with Crippen LogP contribution in [0.2, 0.25) is 5.82 Å². The standard InChI is InChI=1S/C26H38BN3O2/c1-5-8-19(13-12-18-10-11-18)27-20-14-15-23(32-7-3)21(16-20)25-29-24(22(28)9-6-2)17(4)26(31)30-25/h12,14-16,19,25,27-29H,5-11,13H2,1-4H3,(H,30,31). The van der Waals surface area contributed by atoms with Gasteiger partial charge in [-0.1, -0.05) is 68.2 Å². The summed E-state index contributed by atoms with van der Waals surface area (Å²) in [6, 6.07) is 6.37. The van der Waals surface area contributed by atoms with Gasteiger partial charge < -0.3 is 20.8 Å². The highest BCUT2D eigenvalue weighted by molar-refractivity contribution is 6.55. The van der Waals surface area contributed by atoms with E-state index in [4.69, 9.17) is 10.1 Å². The number of allylic oxidation sites excluding steroid dienone is 3. The molecule has 0 saturated heterocycles. The Hall–Kier alpha value is -2.50. The van der Waals surface area contributed by atoms with Crippen molar-refractivity contribution in [1.29, 1.82) is 5.41 Å². The summed E-state index contributed by atoms with van der Waals surface area (Å²) in [5, 5.41) is 14.9. The van der Waals surface area contributed by atoms with Gasteiger partial charge in [-0.3, -0.25) is 4.79 Å². The summed E-state index contributed by atoms with van der Waals surface area (Å²) in [6.07, 6.45) is 9.66. The zero-order valence-electron chi connectivity index (χ0n) is 20.1. The molecule has 6 heteroatoms. The molecule has 2 atom stereocenters. The number of hydrogen-bond acceptors (Lipinski definition) is 4. The van der Waals surface area contributed by atoms with Gasteiger partial charge in [0.15, 0.2) is 7.28 Å². The van der Waals surface area contributed by atoms with Gasteiger partial charge in [0.1, 0.15) is 11.9 Å². The molecule has 2 aliphatic rings. The molecule has 1 aromatic rings. The molecule has 1 aliphatic carbocycles. The molecule has 1 fully saturated rings. The summed E-state index contributed by atoms with van der Waals surface area (Å²) in [6.45, 7) is 8.62. The molecule has 0 radical (unpaired) electrons. The van der Waals surface area contributed by atoms with E-state index in [2.05, 4.69) is 35.8 Å². The van der Waals surface area contributed by atoms with Crippen LogP contribution in [0.4, 0.5) is 0 Å². The molecule has 1 aliphatic heterocycles. The molecule has 1 aromatic carbocycles. The molecule has 172 valence electrons. The summed E-state index contributed by atoms with van der Waals surface area (Å²) < 4.78 is 5.92. The lowest BCUT2D eigenvalue weighted by atomic mass is 9.56. The average molecular weight is 435 g/mol. The van der Waals surface area contributed by atoms with Crippen LogP contribution in [0.5, 0.6) is 5.75 Å². The fourth-order valence-corrected chi connectivity index (χ4v) is 4.38. The topological polar surface area (TPSA) is 74.2 Å². The number of amides is 1. The quantitative estimate of drug-likeness (QED) is 0.254. The van der Waals surface area contributed by atoms with E-state index in [0.29, 0.717) is 35.8 Å². The van der Waals surface area contributed by atoms with E-state index in [1.165, 1.54) is 31.1 Å². The van der Waals surface area contributed by atoms with Crippen LogP contribution in [0.3, 0.4) is 0 Å². The van der Waals surface area contributed by atoms with Crippen molar-refractivity contribution in [3.05, 3.63) is 46.7 Å². The second-order valence-electron chi connectivity index (χ2n) is 9.04. The van der Waals surface area contributed by atoms with Crippen LogP contribution in [0.1, 0.15) is 84.4 Å². The fourth-order valence-electron chi connectivity index (χ4n) is 4.38. The monoisotopic (exact) mass is 435 g/mol. The van der Waals surface area contributed by atoms with Gasteiger partial charge in [0.2, 0.25) is 0 Å². The predicted molar refractivity (Wildman–Crippen MR) is 134 cm³/mol. The van der Waals surface area contributed by atoms with Crippen molar-refractivity contribution < 1.29 is 9.53 Å². The third-order valence-corrected chi connectivity index (χ3v) is 6.27. The summed E-state index contributed by atoms with van der Waals surface area (Å²) in [5.74, 6) is 1.28. The van der Waals surface area contributed by atoms with Crippen LogP contribution in [-0.4, -0.2) is 25.5 Å². The number of carbonyl (C=O) groups is 1. The Balaban J connectivity index is 1.86. The van der Waals surface area contributed by atoms with Gasteiger partial charge in [-0.25, -0.2) is 0 Å². The highest BCUT2D eigenvalue weighted by Gasteiger charge is 2.29. The summed E-state index contributed by atoms with van der Waals surface area (Å²) >= 11 is 0. The Bertz CT molecular complexity index is 900. The van der Waals surface area contributed by atoms with Crippen molar-refractivity contribution >= 4 is 24.4 Å². The lowest BCUT2D eigenvalue weighted by Gasteiger charge is -2.31. The minimum Gasteiger partial charge on any atom is -0.493 e.